The number of hydrogen-bond donors (Lipinski definition) is 4. The molecule has 1 aromatic heterocycles. The third-order valence-corrected chi connectivity index (χ3v) is 6.37. The van der Waals surface area contributed by atoms with Crippen LogP contribution in [0.3, 0.4) is 0 Å². The van der Waals surface area contributed by atoms with Crippen LogP contribution in [0.2, 0.25) is 0 Å². The third kappa shape index (κ3) is 7.24. The van der Waals surface area contributed by atoms with Gasteiger partial charge in [0.25, 0.3) is 0 Å². The normalized spacial score (nSPS) is 24.9. The Kier molecular flexibility index (Phi) is 10.5. The number of nitrogens with zero attached hydrogens (tertiary/aromatic N) is 2. The van der Waals surface area contributed by atoms with Gasteiger partial charge in [-0.25, -0.2) is 18.3 Å². The highest BCUT2D eigenvalue weighted by molar-refractivity contribution is 5.59. The first-order valence-corrected chi connectivity index (χ1v) is 12.6. The van der Waals surface area contributed by atoms with Gasteiger partial charge in [-0.05, 0) is 24.5 Å². The van der Waals surface area contributed by atoms with Crippen LogP contribution in [-0.2, 0) is 33.2 Å². The first-order chi connectivity index (χ1) is 19.3. The molecule has 16 heteroatoms. The Hall–Kier alpha value is -3.05. The lowest BCUT2D eigenvalue weighted by atomic mass is 9.97. The molecule has 1 saturated heterocycles. The van der Waals surface area contributed by atoms with Gasteiger partial charge in [-0.15, -0.1) is 5.10 Å². The lowest BCUT2D eigenvalue weighted by Crippen LogP contribution is -2.67. The molecule has 0 unspecified atom stereocenters. The molecule has 0 radical (unpaired) electrons. The molecule has 11 nitrogen and oxygen atoms in total. The molecule has 1 fully saturated rings. The molecule has 1 aliphatic heterocycles. The van der Waals surface area contributed by atoms with E-state index in [1.165, 1.54) is 19.1 Å². The second-order valence-electron chi connectivity index (χ2n) is 9.19. The van der Waals surface area contributed by atoms with Crippen molar-refractivity contribution in [2.45, 2.75) is 69.3 Å². The zero-order valence-corrected chi connectivity index (χ0v) is 22.1. The van der Waals surface area contributed by atoms with Crippen molar-refractivity contribution in [1.29, 1.82) is 0 Å². The Labute approximate surface area is 231 Å². The van der Waals surface area contributed by atoms with Crippen LogP contribution < -0.4 is 4.74 Å². The second kappa shape index (κ2) is 13.3. The summed E-state index contributed by atoms with van der Waals surface area (Å²) in [5.41, 5.74) is -1.16. The molecule has 3 rings (SSSR count). The van der Waals surface area contributed by atoms with E-state index >= 15 is 0 Å². The summed E-state index contributed by atoms with van der Waals surface area (Å²) in [6.45, 7) is -0.734. The van der Waals surface area contributed by atoms with Gasteiger partial charge in [-0.2, -0.15) is 13.2 Å². The smallest absolute Gasteiger partial charge is 0.435 e. The number of ether oxygens (including phenoxy) is 4. The largest absolute Gasteiger partial charge is 0.508 e. The van der Waals surface area contributed by atoms with E-state index in [1.807, 2.05) is 6.92 Å². The van der Waals surface area contributed by atoms with E-state index in [4.69, 9.17) is 14.2 Å². The topological polar surface area (TPSA) is 153 Å². The fourth-order valence-electron chi connectivity index (χ4n) is 4.17. The van der Waals surface area contributed by atoms with Gasteiger partial charge in [0.2, 0.25) is 5.88 Å². The van der Waals surface area contributed by atoms with Gasteiger partial charge >= 0.3 is 18.3 Å². The minimum absolute atomic E-state index is 0.0380. The highest BCUT2D eigenvalue weighted by Gasteiger charge is 2.56. The Balaban J connectivity index is 2.07. The van der Waals surface area contributed by atoms with Crippen molar-refractivity contribution in [3.05, 3.63) is 46.6 Å². The number of aryl methyl sites for hydroxylation is 1. The highest BCUT2D eigenvalue weighted by Crippen LogP contribution is 2.41. The number of hydrogen-bond acceptors (Lipinski definition) is 10. The summed E-state index contributed by atoms with van der Waals surface area (Å²) < 4.78 is 89.7. The number of carbonyl (C=O) groups is 1. The molecule has 1 aliphatic rings. The fraction of sp³-hybridized carbons (Fsp3) is 0.600. The molecular weight excluding hydrogens is 567 g/mol. The summed E-state index contributed by atoms with van der Waals surface area (Å²) in [6.07, 6.45) is -14.8. The van der Waals surface area contributed by atoms with Gasteiger partial charge in [0.05, 0.1) is 12.2 Å². The Bertz CT molecular complexity index is 1160. The summed E-state index contributed by atoms with van der Waals surface area (Å²) in [4.78, 5) is 11.5. The van der Waals surface area contributed by atoms with Crippen LogP contribution in [0, 0.1) is 0 Å². The van der Waals surface area contributed by atoms with Crippen molar-refractivity contribution in [2.75, 3.05) is 26.6 Å². The van der Waals surface area contributed by atoms with Crippen LogP contribution in [0.1, 0.15) is 42.3 Å². The number of aromatic nitrogens is 2. The minimum atomic E-state index is -5.21. The zero-order chi connectivity index (χ0) is 30.5. The van der Waals surface area contributed by atoms with E-state index in [1.54, 1.807) is 12.1 Å². The molecule has 0 saturated carbocycles. The van der Waals surface area contributed by atoms with Gasteiger partial charge in [0.15, 0.2) is 11.8 Å². The Morgan fingerprint density at radius 1 is 1.07 bits per heavy atom. The van der Waals surface area contributed by atoms with Crippen LogP contribution in [0.5, 0.6) is 5.88 Å². The molecule has 0 spiro atoms. The minimum Gasteiger partial charge on any atom is -0.435 e. The van der Waals surface area contributed by atoms with Gasteiger partial charge in [-0.3, -0.25) is 0 Å². The van der Waals surface area contributed by atoms with Crippen molar-refractivity contribution in [1.82, 2.24) is 9.78 Å². The van der Waals surface area contributed by atoms with Crippen LogP contribution >= 0.6 is 0 Å². The Morgan fingerprint density at radius 2 is 1.68 bits per heavy atom. The molecule has 41 heavy (non-hydrogen) atoms. The number of rotatable bonds is 11. The number of carbonyl (C=O) groups excluding carboxylic acids is 1. The molecule has 5 atom stereocenters. The van der Waals surface area contributed by atoms with E-state index < -0.39 is 92.3 Å². The molecule has 2 aromatic rings. The standard InChI is InChI=1S/C25H31F5N2O9/c1-3-13-5-7-14(8-6-13)9-16-20(24(28,29)30)32(15(10-26)11-27)31-22(16)41-25(37)21(35)19(34)18(33)17(40-25)12-39-23(36)38-4-2/h5-8,15,17-19,21,33-35,37H,3-4,9-12H2,1-2H3/t17-,18-,19+,21-,25+/m1/s1. The molecule has 0 aliphatic carbocycles. The molecule has 230 valence electrons. The SMILES string of the molecule is CCOC(=O)OC[C@H]1O[C@](O)(Oc2nn(C(CF)CF)c(C(F)(F)F)c2Cc2ccc(CC)cc2)[C@H](O)[C@@H](O)[C@@H]1O. The lowest BCUT2D eigenvalue weighted by Gasteiger charge is -2.44. The first-order valence-electron chi connectivity index (χ1n) is 12.6. The van der Waals surface area contributed by atoms with Crippen molar-refractivity contribution in [3.63, 3.8) is 0 Å². The van der Waals surface area contributed by atoms with E-state index in [9.17, 15) is 47.2 Å². The fourth-order valence-corrected chi connectivity index (χ4v) is 4.17. The zero-order valence-electron chi connectivity index (χ0n) is 22.1. The van der Waals surface area contributed by atoms with Gasteiger partial charge < -0.3 is 39.4 Å². The Morgan fingerprint density at radius 3 is 2.22 bits per heavy atom. The van der Waals surface area contributed by atoms with Crippen LogP contribution in [0.4, 0.5) is 26.7 Å². The molecule has 4 N–H and O–H groups in total. The predicted octanol–water partition coefficient (Wildman–Crippen LogP) is 2.21. The monoisotopic (exact) mass is 598 g/mol. The summed E-state index contributed by atoms with van der Waals surface area (Å²) >= 11 is 0. The van der Waals surface area contributed by atoms with Crippen LogP contribution in [0.25, 0.3) is 0 Å². The maximum absolute atomic E-state index is 14.3. The van der Waals surface area contributed by atoms with Gasteiger partial charge in [0.1, 0.15) is 44.3 Å². The van der Waals surface area contributed by atoms with Crippen LogP contribution in [-0.4, -0.2) is 93.3 Å². The molecule has 2 heterocycles. The summed E-state index contributed by atoms with van der Waals surface area (Å²) in [5.74, 6) is -4.40. The van der Waals surface area contributed by atoms with E-state index in [2.05, 4.69) is 9.84 Å². The maximum atomic E-state index is 14.3. The molecule has 1 aromatic carbocycles. The molecule has 0 amide bonds. The van der Waals surface area contributed by atoms with E-state index in [0.29, 0.717) is 12.0 Å². The third-order valence-electron chi connectivity index (χ3n) is 6.37. The van der Waals surface area contributed by atoms with Crippen molar-refractivity contribution < 1.29 is 66.1 Å². The number of alkyl halides is 5. The molecular formula is C25H31F5N2O9. The average molecular weight is 599 g/mol. The van der Waals surface area contributed by atoms with E-state index in [-0.39, 0.29) is 11.3 Å². The lowest BCUT2D eigenvalue weighted by molar-refractivity contribution is -0.423. The van der Waals surface area contributed by atoms with Gasteiger partial charge in [0, 0.05) is 6.42 Å². The molecule has 0 bridgehead atoms. The summed E-state index contributed by atoms with van der Waals surface area (Å²) in [7, 11) is 0. The van der Waals surface area contributed by atoms with Crippen LogP contribution in [0.15, 0.2) is 24.3 Å². The summed E-state index contributed by atoms with van der Waals surface area (Å²) in [6, 6.07) is 4.34. The van der Waals surface area contributed by atoms with Crippen molar-refractivity contribution in [2.24, 2.45) is 0 Å². The highest BCUT2D eigenvalue weighted by atomic mass is 19.4. The first kappa shape index (κ1) is 32.5. The summed E-state index contributed by atoms with van der Waals surface area (Å²) in [5, 5.41) is 45.6. The van der Waals surface area contributed by atoms with Crippen molar-refractivity contribution in [3.8, 4) is 5.88 Å². The predicted molar refractivity (Wildman–Crippen MR) is 128 cm³/mol. The number of aliphatic hydroxyl groups is 4. The van der Waals surface area contributed by atoms with E-state index in [0.717, 1.165) is 5.56 Å². The number of aliphatic hydroxyl groups excluding tert-OH is 3. The van der Waals surface area contributed by atoms with Crippen molar-refractivity contribution >= 4 is 6.16 Å². The quantitative estimate of drug-likeness (QED) is 0.172. The number of halogens is 5. The second-order valence-corrected chi connectivity index (χ2v) is 9.19. The average Bonchev–Trinajstić information content (AvgIpc) is 3.27. The maximum Gasteiger partial charge on any atom is 0.508 e. The van der Waals surface area contributed by atoms with Gasteiger partial charge in [-0.1, -0.05) is 31.2 Å². The number of benzene rings is 1.